The van der Waals surface area contributed by atoms with E-state index in [2.05, 4.69) is 16.4 Å². The first-order valence-electron chi connectivity index (χ1n) is 9.05. The van der Waals surface area contributed by atoms with Gasteiger partial charge in [-0.1, -0.05) is 41.9 Å². The van der Waals surface area contributed by atoms with E-state index in [0.717, 1.165) is 41.3 Å². The van der Waals surface area contributed by atoms with Crippen LogP contribution >= 0.6 is 11.6 Å². The van der Waals surface area contributed by atoms with Crippen molar-refractivity contribution in [1.29, 1.82) is 0 Å². The largest absolute Gasteiger partial charge is 0.381 e. The number of aryl methyl sites for hydroxylation is 1. The monoisotopic (exact) mass is 377 g/mol. The molecule has 1 amide bonds. The molecule has 0 saturated carbocycles. The standard InChI is InChI=1S/C22H20ClN3O/c23-18-9-7-16(8-10-18)15-25-19-11-12-24-20(14-19)22(27)26-13-3-5-17-4-1-2-6-21(17)26/h1-2,4,6-12,14H,3,5,13,15H2,(H,24,25). The maximum absolute atomic E-state index is 13.0. The number of aromatic nitrogens is 1. The molecule has 0 atom stereocenters. The van der Waals surface area contributed by atoms with Gasteiger partial charge in [-0.2, -0.15) is 0 Å². The molecule has 27 heavy (non-hydrogen) atoms. The molecule has 4 rings (SSSR count). The number of halogens is 1. The van der Waals surface area contributed by atoms with Crippen LogP contribution in [0.15, 0.2) is 66.9 Å². The fourth-order valence-corrected chi connectivity index (χ4v) is 3.47. The normalized spacial score (nSPS) is 13.1. The summed E-state index contributed by atoms with van der Waals surface area (Å²) in [5, 5.41) is 4.06. The van der Waals surface area contributed by atoms with Gasteiger partial charge in [0.1, 0.15) is 5.69 Å². The molecule has 1 aromatic heterocycles. The zero-order valence-electron chi connectivity index (χ0n) is 14.9. The molecule has 3 aromatic rings. The molecular weight excluding hydrogens is 358 g/mol. The van der Waals surface area contributed by atoms with Gasteiger partial charge in [0, 0.05) is 35.7 Å². The van der Waals surface area contributed by atoms with Crippen molar-refractivity contribution in [2.75, 3.05) is 16.8 Å². The number of benzene rings is 2. The summed E-state index contributed by atoms with van der Waals surface area (Å²) < 4.78 is 0. The summed E-state index contributed by atoms with van der Waals surface area (Å²) in [6.07, 6.45) is 3.65. The summed E-state index contributed by atoms with van der Waals surface area (Å²) in [6, 6.07) is 19.5. The van der Waals surface area contributed by atoms with Crippen LogP contribution in [0.25, 0.3) is 0 Å². The lowest BCUT2D eigenvalue weighted by atomic mass is 10.0. The highest BCUT2D eigenvalue weighted by atomic mass is 35.5. The fourth-order valence-electron chi connectivity index (χ4n) is 3.35. The summed E-state index contributed by atoms with van der Waals surface area (Å²) in [6.45, 7) is 1.38. The van der Waals surface area contributed by atoms with Gasteiger partial charge in [-0.05, 0) is 54.3 Å². The van der Waals surface area contributed by atoms with E-state index >= 15 is 0 Å². The first kappa shape index (κ1) is 17.6. The van der Waals surface area contributed by atoms with Gasteiger partial charge in [-0.3, -0.25) is 9.78 Å². The molecule has 0 bridgehead atoms. The average Bonchev–Trinajstić information content (AvgIpc) is 2.72. The Morgan fingerprint density at radius 2 is 1.93 bits per heavy atom. The number of hydrogen-bond acceptors (Lipinski definition) is 3. The number of carbonyl (C=O) groups is 1. The maximum Gasteiger partial charge on any atom is 0.276 e. The van der Waals surface area contributed by atoms with Crippen molar-refractivity contribution in [2.24, 2.45) is 0 Å². The molecule has 1 aliphatic rings. The summed E-state index contributed by atoms with van der Waals surface area (Å²) >= 11 is 5.92. The van der Waals surface area contributed by atoms with Crippen LogP contribution in [0.3, 0.4) is 0 Å². The van der Waals surface area contributed by atoms with Gasteiger partial charge in [0.15, 0.2) is 0 Å². The molecule has 2 heterocycles. The molecule has 2 aromatic carbocycles. The molecule has 0 spiro atoms. The molecule has 1 aliphatic heterocycles. The number of nitrogens with zero attached hydrogens (tertiary/aromatic N) is 2. The van der Waals surface area contributed by atoms with Crippen LogP contribution in [0.5, 0.6) is 0 Å². The number of hydrogen-bond donors (Lipinski definition) is 1. The zero-order valence-corrected chi connectivity index (χ0v) is 15.6. The molecule has 0 radical (unpaired) electrons. The Morgan fingerprint density at radius 3 is 2.78 bits per heavy atom. The molecule has 4 nitrogen and oxygen atoms in total. The van der Waals surface area contributed by atoms with E-state index < -0.39 is 0 Å². The highest BCUT2D eigenvalue weighted by Gasteiger charge is 2.24. The summed E-state index contributed by atoms with van der Waals surface area (Å²) in [4.78, 5) is 19.2. The van der Waals surface area contributed by atoms with Crippen molar-refractivity contribution >= 4 is 28.9 Å². The van der Waals surface area contributed by atoms with Crippen molar-refractivity contribution < 1.29 is 4.79 Å². The summed E-state index contributed by atoms with van der Waals surface area (Å²) in [7, 11) is 0. The third-order valence-electron chi connectivity index (χ3n) is 4.74. The second-order valence-electron chi connectivity index (χ2n) is 6.60. The SMILES string of the molecule is O=C(c1cc(NCc2ccc(Cl)cc2)ccn1)N1CCCc2ccccc21. The smallest absolute Gasteiger partial charge is 0.276 e. The Kier molecular flexibility index (Phi) is 5.07. The van der Waals surface area contributed by atoms with Crippen molar-refractivity contribution in [1.82, 2.24) is 4.98 Å². The topological polar surface area (TPSA) is 45.2 Å². The second kappa shape index (κ2) is 7.80. The first-order valence-corrected chi connectivity index (χ1v) is 9.43. The van der Waals surface area contributed by atoms with Gasteiger partial charge < -0.3 is 10.2 Å². The van der Waals surface area contributed by atoms with Gasteiger partial charge in [0.25, 0.3) is 5.91 Å². The average molecular weight is 378 g/mol. The van der Waals surface area contributed by atoms with E-state index in [1.54, 1.807) is 6.20 Å². The lowest BCUT2D eigenvalue weighted by Crippen LogP contribution is -2.35. The lowest BCUT2D eigenvalue weighted by molar-refractivity contribution is 0.0980. The highest BCUT2D eigenvalue weighted by molar-refractivity contribution is 6.30. The number of pyridine rings is 1. The Labute approximate surface area is 163 Å². The van der Waals surface area contributed by atoms with Gasteiger partial charge >= 0.3 is 0 Å². The van der Waals surface area contributed by atoms with E-state index in [1.807, 2.05) is 59.5 Å². The van der Waals surface area contributed by atoms with Crippen LogP contribution in [0, 0.1) is 0 Å². The van der Waals surface area contributed by atoms with Crippen LogP contribution in [-0.4, -0.2) is 17.4 Å². The third-order valence-corrected chi connectivity index (χ3v) is 5.00. The maximum atomic E-state index is 13.0. The van der Waals surface area contributed by atoms with Crippen molar-refractivity contribution in [3.63, 3.8) is 0 Å². The van der Waals surface area contributed by atoms with Gasteiger partial charge in [0.2, 0.25) is 0 Å². The predicted molar refractivity (Wildman–Crippen MR) is 109 cm³/mol. The van der Waals surface area contributed by atoms with Gasteiger partial charge in [-0.25, -0.2) is 0 Å². The fraction of sp³-hybridized carbons (Fsp3) is 0.182. The predicted octanol–water partition coefficient (Wildman–Crippen LogP) is 4.94. The Hall–Kier alpha value is -2.85. The van der Waals surface area contributed by atoms with Crippen LogP contribution in [0.2, 0.25) is 5.02 Å². The van der Waals surface area contributed by atoms with Crippen LogP contribution in [-0.2, 0) is 13.0 Å². The lowest BCUT2D eigenvalue weighted by Gasteiger charge is -2.29. The molecule has 0 aliphatic carbocycles. The van der Waals surface area contributed by atoms with E-state index in [-0.39, 0.29) is 5.91 Å². The first-order chi connectivity index (χ1) is 13.2. The number of amides is 1. The highest BCUT2D eigenvalue weighted by Crippen LogP contribution is 2.28. The zero-order chi connectivity index (χ0) is 18.6. The van der Waals surface area contributed by atoms with Crippen molar-refractivity contribution in [3.8, 4) is 0 Å². The molecule has 5 heteroatoms. The molecule has 0 unspecified atom stereocenters. The van der Waals surface area contributed by atoms with Gasteiger partial charge in [-0.15, -0.1) is 0 Å². The quantitative estimate of drug-likeness (QED) is 0.700. The van der Waals surface area contributed by atoms with Crippen LogP contribution in [0.1, 0.15) is 28.0 Å². The number of anilines is 2. The van der Waals surface area contributed by atoms with E-state index in [9.17, 15) is 4.79 Å². The van der Waals surface area contributed by atoms with E-state index in [0.29, 0.717) is 12.2 Å². The number of fused-ring (bicyclic) bond motifs is 1. The molecule has 136 valence electrons. The number of nitrogens with one attached hydrogen (secondary N) is 1. The molecule has 1 N–H and O–H groups in total. The van der Waals surface area contributed by atoms with Crippen molar-refractivity contribution in [2.45, 2.75) is 19.4 Å². The molecule has 0 saturated heterocycles. The number of rotatable bonds is 4. The Bertz CT molecular complexity index is 956. The van der Waals surface area contributed by atoms with Gasteiger partial charge in [0.05, 0.1) is 0 Å². The number of carbonyl (C=O) groups excluding carboxylic acids is 1. The van der Waals surface area contributed by atoms with Crippen LogP contribution < -0.4 is 10.2 Å². The third kappa shape index (κ3) is 3.96. The second-order valence-corrected chi connectivity index (χ2v) is 7.04. The van der Waals surface area contributed by atoms with E-state index in [1.165, 1.54) is 5.56 Å². The minimum absolute atomic E-state index is 0.0581. The molecule has 0 fully saturated rings. The Morgan fingerprint density at radius 1 is 1.11 bits per heavy atom. The van der Waals surface area contributed by atoms with E-state index in [4.69, 9.17) is 11.6 Å². The summed E-state index contributed by atoms with van der Waals surface area (Å²) in [5.74, 6) is -0.0581. The molecular formula is C22H20ClN3O. The van der Waals surface area contributed by atoms with Crippen molar-refractivity contribution in [3.05, 3.63) is 88.7 Å². The minimum atomic E-state index is -0.0581. The summed E-state index contributed by atoms with van der Waals surface area (Å²) in [5.41, 5.74) is 4.65. The minimum Gasteiger partial charge on any atom is -0.381 e. The number of para-hydroxylation sites is 1. The van der Waals surface area contributed by atoms with Crippen LogP contribution in [0.4, 0.5) is 11.4 Å². The Balaban J connectivity index is 1.51.